The molecule has 1 aliphatic heterocycles. The van der Waals surface area contributed by atoms with Crippen LogP contribution in [-0.4, -0.2) is 16.7 Å². The molecule has 2 aromatic rings. The Kier molecular flexibility index (Phi) is 4.00. The van der Waals surface area contributed by atoms with Crippen LogP contribution in [0.2, 0.25) is 0 Å². The second-order valence-corrected chi connectivity index (χ2v) is 6.45. The molecule has 0 bridgehead atoms. The van der Waals surface area contributed by atoms with E-state index in [2.05, 4.69) is 47.3 Å². The summed E-state index contributed by atoms with van der Waals surface area (Å²) in [5.74, 6) is 1.31. The molecule has 1 unspecified atom stereocenters. The molecule has 19 heavy (non-hydrogen) atoms. The van der Waals surface area contributed by atoms with Crippen LogP contribution in [0.5, 0.6) is 0 Å². The average molecular weight is 387 g/mol. The van der Waals surface area contributed by atoms with E-state index in [0.717, 1.165) is 33.3 Å². The Labute approximate surface area is 128 Å². The zero-order valence-corrected chi connectivity index (χ0v) is 13.4. The van der Waals surface area contributed by atoms with E-state index in [9.17, 15) is 0 Å². The first-order valence-corrected chi connectivity index (χ1v) is 7.84. The van der Waals surface area contributed by atoms with E-state index < -0.39 is 0 Å². The van der Waals surface area contributed by atoms with Gasteiger partial charge in [0.25, 0.3) is 5.89 Å². The fraction of sp³-hybridized carbons (Fsp3) is 0.385. The van der Waals surface area contributed by atoms with Crippen molar-refractivity contribution in [1.29, 1.82) is 0 Å². The molecule has 6 heteroatoms. The summed E-state index contributed by atoms with van der Waals surface area (Å²) in [5.41, 5.74) is 0.913. The lowest BCUT2D eigenvalue weighted by atomic mass is 10.0. The highest BCUT2D eigenvalue weighted by atomic mass is 79.9. The van der Waals surface area contributed by atoms with E-state index in [4.69, 9.17) is 4.52 Å². The molecule has 1 fully saturated rings. The second-order valence-electron chi connectivity index (χ2n) is 4.62. The third kappa shape index (κ3) is 3.07. The number of rotatable bonds is 2. The zero-order chi connectivity index (χ0) is 13.2. The Morgan fingerprint density at radius 3 is 2.63 bits per heavy atom. The lowest BCUT2D eigenvalue weighted by molar-refractivity contribution is 0.367. The van der Waals surface area contributed by atoms with Gasteiger partial charge in [0.2, 0.25) is 0 Å². The highest BCUT2D eigenvalue weighted by molar-refractivity contribution is 9.11. The van der Waals surface area contributed by atoms with Gasteiger partial charge in [0, 0.05) is 14.5 Å². The molecule has 1 N–H and O–H groups in total. The normalized spacial score (nSPS) is 19.6. The van der Waals surface area contributed by atoms with Gasteiger partial charge in [-0.2, -0.15) is 4.98 Å². The Morgan fingerprint density at radius 1 is 1.16 bits per heavy atom. The van der Waals surface area contributed by atoms with Crippen molar-refractivity contribution >= 4 is 31.9 Å². The van der Waals surface area contributed by atoms with Crippen LogP contribution in [-0.2, 0) is 0 Å². The Bertz CT molecular complexity index is 559. The van der Waals surface area contributed by atoms with Gasteiger partial charge in [0.1, 0.15) is 0 Å². The summed E-state index contributed by atoms with van der Waals surface area (Å²) in [6.07, 6.45) is 3.50. The van der Waals surface area contributed by atoms with E-state index >= 15 is 0 Å². The van der Waals surface area contributed by atoms with Crippen molar-refractivity contribution in [2.75, 3.05) is 6.54 Å². The van der Waals surface area contributed by atoms with Gasteiger partial charge in [-0.05, 0) is 37.6 Å². The maximum Gasteiger partial charge on any atom is 0.258 e. The maximum atomic E-state index is 5.37. The first-order valence-electron chi connectivity index (χ1n) is 6.26. The summed E-state index contributed by atoms with van der Waals surface area (Å²) >= 11 is 6.92. The maximum absolute atomic E-state index is 5.37. The van der Waals surface area contributed by atoms with Gasteiger partial charge >= 0.3 is 0 Å². The smallest absolute Gasteiger partial charge is 0.258 e. The van der Waals surface area contributed by atoms with Crippen molar-refractivity contribution in [3.05, 3.63) is 33.0 Å². The quantitative estimate of drug-likeness (QED) is 0.844. The van der Waals surface area contributed by atoms with Crippen molar-refractivity contribution in [3.63, 3.8) is 0 Å². The highest BCUT2D eigenvalue weighted by Gasteiger charge is 2.20. The predicted molar refractivity (Wildman–Crippen MR) is 79.7 cm³/mol. The molecule has 0 aliphatic carbocycles. The monoisotopic (exact) mass is 385 g/mol. The standard InChI is InChI=1S/C13H13Br2N3O/c14-9-5-8(6-10(15)7-9)13-17-12(18-19-13)11-3-1-2-4-16-11/h5-7,11,16H,1-4H2. The molecular formula is C13H13Br2N3O. The number of hydrogen-bond donors (Lipinski definition) is 1. The first-order chi connectivity index (χ1) is 9.22. The van der Waals surface area contributed by atoms with Crippen molar-refractivity contribution < 1.29 is 4.52 Å². The summed E-state index contributed by atoms with van der Waals surface area (Å²) < 4.78 is 7.33. The van der Waals surface area contributed by atoms with Crippen LogP contribution in [0, 0.1) is 0 Å². The lowest BCUT2D eigenvalue weighted by Gasteiger charge is -2.19. The third-order valence-corrected chi connectivity index (χ3v) is 4.09. The van der Waals surface area contributed by atoms with Gasteiger partial charge in [-0.1, -0.05) is 43.4 Å². The number of piperidine rings is 1. The molecule has 1 atom stereocenters. The van der Waals surface area contributed by atoms with E-state index in [1.807, 2.05) is 18.2 Å². The number of aromatic nitrogens is 2. The molecule has 100 valence electrons. The minimum absolute atomic E-state index is 0.224. The van der Waals surface area contributed by atoms with E-state index in [1.165, 1.54) is 12.8 Å². The number of halogens is 2. The molecule has 1 saturated heterocycles. The number of hydrogen-bond acceptors (Lipinski definition) is 4. The van der Waals surface area contributed by atoms with Crippen LogP contribution in [0.15, 0.2) is 31.7 Å². The molecule has 1 aromatic heterocycles. The molecule has 0 saturated carbocycles. The van der Waals surface area contributed by atoms with Gasteiger partial charge in [0.05, 0.1) is 6.04 Å². The van der Waals surface area contributed by atoms with Gasteiger partial charge in [-0.3, -0.25) is 0 Å². The van der Waals surface area contributed by atoms with Crippen molar-refractivity contribution in [2.45, 2.75) is 25.3 Å². The van der Waals surface area contributed by atoms with Crippen LogP contribution < -0.4 is 5.32 Å². The Morgan fingerprint density at radius 2 is 1.95 bits per heavy atom. The molecule has 1 aliphatic rings. The largest absolute Gasteiger partial charge is 0.334 e. The van der Waals surface area contributed by atoms with Gasteiger partial charge < -0.3 is 9.84 Å². The summed E-state index contributed by atoms with van der Waals surface area (Å²) in [4.78, 5) is 4.50. The van der Waals surface area contributed by atoms with Crippen LogP contribution in [0.4, 0.5) is 0 Å². The van der Waals surface area contributed by atoms with Gasteiger partial charge in [0.15, 0.2) is 5.82 Å². The summed E-state index contributed by atoms with van der Waals surface area (Å²) in [5, 5.41) is 7.52. The number of nitrogens with one attached hydrogen (secondary N) is 1. The van der Waals surface area contributed by atoms with E-state index in [1.54, 1.807) is 0 Å². The van der Waals surface area contributed by atoms with Crippen molar-refractivity contribution in [1.82, 2.24) is 15.5 Å². The van der Waals surface area contributed by atoms with Crippen molar-refractivity contribution in [2.24, 2.45) is 0 Å². The van der Waals surface area contributed by atoms with Crippen molar-refractivity contribution in [3.8, 4) is 11.5 Å². The van der Waals surface area contributed by atoms with Crippen LogP contribution >= 0.6 is 31.9 Å². The lowest BCUT2D eigenvalue weighted by Crippen LogP contribution is -2.27. The van der Waals surface area contributed by atoms with Crippen LogP contribution in [0.1, 0.15) is 31.1 Å². The SMILES string of the molecule is Brc1cc(Br)cc(-c2nc(C3CCCCN3)no2)c1. The fourth-order valence-corrected chi connectivity index (χ4v) is 3.54. The molecular weight excluding hydrogens is 374 g/mol. The molecule has 3 rings (SSSR count). The van der Waals surface area contributed by atoms with E-state index in [0.29, 0.717) is 5.89 Å². The molecule has 0 amide bonds. The van der Waals surface area contributed by atoms with E-state index in [-0.39, 0.29) is 6.04 Å². The minimum Gasteiger partial charge on any atom is -0.334 e. The van der Waals surface area contributed by atoms with Gasteiger partial charge in [-0.25, -0.2) is 0 Å². The molecule has 2 heterocycles. The summed E-state index contributed by atoms with van der Waals surface area (Å²) in [6.45, 7) is 1.02. The summed E-state index contributed by atoms with van der Waals surface area (Å²) in [6, 6.07) is 6.14. The van der Waals surface area contributed by atoms with Gasteiger partial charge in [-0.15, -0.1) is 0 Å². The third-order valence-electron chi connectivity index (χ3n) is 3.17. The second kappa shape index (κ2) is 5.73. The van der Waals surface area contributed by atoms with Crippen LogP contribution in [0.25, 0.3) is 11.5 Å². The Hall–Kier alpha value is -0.720. The molecule has 0 radical (unpaired) electrons. The predicted octanol–water partition coefficient (Wildman–Crippen LogP) is 4.08. The fourth-order valence-electron chi connectivity index (χ4n) is 2.24. The average Bonchev–Trinajstić information content (AvgIpc) is 2.88. The molecule has 4 nitrogen and oxygen atoms in total. The Balaban J connectivity index is 1.87. The molecule has 0 spiro atoms. The first kappa shape index (κ1) is 13.3. The van der Waals surface area contributed by atoms with Crippen LogP contribution in [0.3, 0.4) is 0 Å². The number of nitrogens with zero attached hydrogens (tertiary/aromatic N) is 2. The summed E-state index contributed by atoms with van der Waals surface area (Å²) in [7, 11) is 0. The highest BCUT2D eigenvalue weighted by Crippen LogP contribution is 2.28. The number of benzene rings is 1. The minimum atomic E-state index is 0.224. The zero-order valence-electron chi connectivity index (χ0n) is 10.2. The molecule has 1 aromatic carbocycles. The topological polar surface area (TPSA) is 51.0 Å².